The fourth-order valence-corrected chi connectivity index (χ4v) is 0.412. The lowest BCUT2D eigenvalue weighted by Crippen LogP contribution is -1.93. The number of hydrogen-bond acceptors (Lipinski definition) is 3. The van der Waals surface area contributed by atoms with Crippen LogP contribution in [0.15, 0.2) is 0 Å². The molecule has 0 amide bonds. The Morgan fingerprint density at radius 3 is 2.57 bits per heavy atom. The molecule has 0 rings (SSSR count). The van der Waals surface area contributed by atoms with Gasteiger partial charge in [-0.05, 0) is 24.9 Å². The molecule has 0 spiro atoms. The van der Waals surface area contributed by atoms with Gasteiger partial charge in [-0.3, -0.25) is 0 Å². The zero-order chi connectivity index (χ0) is 5.70. The molecule has 0 radical (unpaired) electrons. The first kappa shape index (κ1) is 6.82. The number of rotatable bonds is 1. The normalized spacial score (nSPS) is 8.29. The van der Waals surface area contributed by atoms with E-state index in [0.717, 1.165) is 11.8 Å². The Morgan fingerprint density at radius 1 is 1.86 bits per heavy atom. The molecule has 2 nitrogen and oxygen atoms in total. The van der Waals surface area contributed by atoms with Crippen molar-refractivity contribution in [3.8, 4) is 0 Å². The summed E-state index contributed by atoms with van der Waals surface area (Å²) in [5, 5.41) is -0.206. The summed E-state index contributed by atoms with van der Waals surface area (Å²) in [6.45, 7) is 2.26. The lowest BCUT2D eigenvalue weighted by molar-refractivity contribution is 0.181. The van der Waals surface area contributed by atoms with Crippen LogP contribution in [-0.4, -0.2) is 18.2 Å². The molecule has 0 heterocycles. The fourth-order valence-electron chi connectivity index (χ4n) is 0.177. The van der Waals surface area contributed by atoms with Gasteiger partial charge in [-0.1, -0.05) is 0 Å². The van der Waals surface area contributed by atoms with Crippen LogP contribution in [0.25, 0.3) is 0 Å². The van der Waals surface area contributed by atoms with E-state index >= 15 is 0 Å². The number of hydrogen-bond donors (Lipinski definition) is 0. The van der Waals surface area contributed by atoms with Crippen molar-refractivity contribution in [2.24, 2.45) is 0 Å². The molecular formula is C4H8O2S. The molecule has 0 N–H and O–H groups in total. The largest absolute Gasteiger partial charge is 0.458 e. The highest BCUT2D eigenvalue weighted by Crippen LogP contribution is 1.96. The van der Waals surface area contributed by atoms with Gasteiger partial charge in [0.2, 0.25) is 0 Å². The van der Waals surface area contributed by atoms with Gasteiger partial charge in [-0.25, -0.2) is 4.79 Å². The molecule has 42 valence electrons. The molecule has 0 bridgehead atoms. The Balaban J connectivity index is 3.00. The van der Waals surface area contributed by atoms with E-state index in [0.29, 0.717) is 6.61 Å². The van der Waals surface area contributed by atoms with E-state index in [4.69, 9.17) is 0 Å². The summed E-state index contributed by atoms with van der Waals surface area (Å²) in [6.07, 6.45) is 1.69. The van der Waals surface area contributed by atoms with E-state index < -0.39 is 0 Å². The summed E-state index contributed by atoms with van der Waals surface area (Å²) in [5.74, 6) is 0. The maximum Gasteiger partial charge on any atom is 0.367 e. The van der Waals surface area contributed by atoms with E-state index in [9.17, 15) is 4.79 Å². The summed E-state index contributed by atoms with van der Waals surface area (Å²) in [5.41, 5.74) is 0. The van der Waals surface area contributed by atoms with Gasteiger partial charge >= 0.3 is 5.30 Å². The first-order chi connectivity index (χ1) is 3.31. The standard InChI is InChI=1S/C4H8O2S/c1-3-6-4(5)7-2/h3H2,1-2H3. The van der Waals surface area contributed by atoms with E-state index in [1.165, 1.54) is 0 Å². The van der Waals surface area contributed by atoms with Gasteiger partial charge in [0, 0.05) is 0 Å². The molecule has 0 saturated carbocycles. The molecule has 7 heavy (non-hydrogen) atoms. The maximum atomic E-state index is 10.2. The van der Waals surface area contributed by atoms with Gasteiger partial charge in [-0.2, -0.15) is 0 Å². The Labute approximate surface area is 47.2 Å². The summed E-state index contributed by atoms with van der Waals surface area (Å²) in [4.78, 5) is 10.2. The van der Waals surface area contributed by atoms with Crippen molar-refractivity contribution in [1.29, 1.82) is 0 Å². The summed E-state index contributed by atoms with van der Waals surface area (Å²) in [7, 11) is 0. The van der Waals surface area contributed by atoms with Crippen LogP contribution < -0.4 is 0 Å². The molecule has 0 atom stereocenters. The van der Waals surface area contributed by atoms with Gasteiger partial charge in [-0.15, -0.1) is 0 Å². The highest BCUT2D eigenvalue weighted by atomic mass is 32.2. The van der Waals surface area contributed by atoms with Crippen LogP contribution in [0, 0.1) is 0 Å². The van der Waals surface area contributed by atoms with Crippen LogP contribution >= 0.6 is 11.8 Å². The zero-order valence-corrected chi connectivity index (χ0v) is 5.25. The number of carbonyl (C=O) groups is 1. The molecule has 0 aliphatic rings. The minimum absolute atomic E-state index is 0.206. The van der Waals surface area contributed by atoms with E-state index in [1.807, 2.05) is 0 Å². The molecule has 0 unspecified atom stereocenters. The summed E-state index contributed by atoms with van der Waals surface area (Å²) >= 11 is 1.09. The topological polar surface area (TPSA) is 26.3 Å². The second kappa shape index (κ2) is 3.99. The van der Waals surface area contributed by atoms with Crippen molar-refractivity contribution >= 4 is 17.1 Å². The molecule has 0 saturated heterocycles. The second-order valence-corrected chi connectivity index (χ2v) is 1.63. The minimum Gasteiger partial charge on any atom is -0.458 e. The van der Waals surface area contributed by atoms with Crippen molar-refractivity contribution in [3.05, 3.63) is 0 Å². The molecule has 0 aromatic rings. The molecule has 3 heteroatoms. The quantitative estimate of drug-likeness (QED) is 0.490. The first-order valence-electron chi connectivity index (χ1n) is 2.02. The van der Waals surface area contributed by atoms with Crippen molar-refractivity contribution in [2.75, 3.05) is 12.9 Å². The Bertz CT molecular complexity index is 62.7. The highest BCUT2D eigenvalue weighted by Gasteiger charge is 1.92. The molecular weight excluding hydrogens is 112 g/mol. The Morgan fingerprint density at radius 2 is 2.43 bits per heavy atom. The second-order valence-electron chi connectivity index (χ2n) is 0.887. The molecule has 0 aliphatic heterocycles. The lowest BCUT2D eigenvalue weighted by Gasteiger charge is -1.92. The van der Waals surface area contributed by atoms with E-state index in [1.54, 1.807) is 13.2 Å². The smallest absolute Gasteiger partial charge is 0.367 e. The van der Waals surface area contributed by atoms with Crippen molar-refractivity contribution in [2.45, 2.75) is 6.92 Å². The average molecular weight is 120 g/mol. The van der Waals surface area contributed by atoms with Crippen LogP contribution in [0.3, 0.4) is 0 Å². The van der Waals surface area contributed by atoms with Gasteiger partial charge in [0.15, 0.2) is 0 Å². The minimum atomic E-state index is -0.206. The third-order valence-electron chi connectivity index (χ3n) is 0.429. The van der Waals surface area contributed by atoms with E-state index in [2.05, 4.69) is 4.74 Å². The highest BCUT2D eigenvalue weighted by molar-refractivity contribution is 8.12. The monoisotopic (exact) mass is 120 g/mol. The number of carbonyl (C=O) groups excluding carboxylic acids is 1. The van der Waals surface area contributed by atoms with E-state index in [-0.39, 0.29) is 5.30 Å². The van der Waals surface area contributed by atoms with Gasteiger partial charge in [0.25, 0.3) is 0 Å². The predicted molar refractivity (Wildman–Crippen MR) is 30.5 cm³/mol. The Hall–Kier alpha value is -0.180. The molecule has 0 aliphatic carbocycles. The van der Waals surface area contributed by atoms with Crippen LogP contribution in [-0.2, 0) is 4.74 Å². The zero-order valence-electron chi connectivity index (χ0n) is 4.43. The fraction of sp³-hybridized carbons (Fsp3) is 0.750. The average Bonchev–Trinajstić information content (AvgIpc) is 1.68. The number of ether oxygens (including phenoxy) is 1. The van der Waals surface area contributed by atoms with Gasteiger partial charge in [0.1, 0.15) is 0 Å². The third kappa shape index (κ3) is 3.66. The van der Waals surface area contributed by atoms with Gasteiger partial charge < -0.3 is 4.74 Å². The third-order valence-corrected chi connectivity index (χ3v) is 0.880. The SMILES string of the molecule is CCOC(=O)SC. The van der Waals surface area contributed by atoms with Crippen LogP contribution in [0.1, 0.15) is 6.92 Å². The van der Waals surface area contributed by atoms with Gasteiger partial charge in [0.05, 0.1) is 6.61 Å². The Kier molecular flexibility index (Phi) is 3.89. The predicted octanol–water partition coefficient (Wildman–Crippen LogP) is 1.51. The number of thioether (sulfide) groups is 1. The lowest BCUT2D eigenvalue weighted by atomic mass is 10.9. The van der Waals surface area contributed by atoms with Crippen LogP contribution in [0.5, 0.6) is 0 Å². The van der Waals surface area contributed by atoms with Crippen molar-refractivity contribution in [1.82, 2.24) is 0 Å². The van der Waals surface area contributed by atoms with Crippen LogP contribution in [0.4, 0.5) is 4.79 Å². The first-order valence-corrected chi connectivity index (χ1v) is 3.24. The van der Waals surface area contributed by atoms with Crippen molar-refractivity contribution < 1.29 is 9.53 Å². The molecule has 0 fully saturated rings. The molecule has 0 aromatic carbocycles. The molecule has 0 aromatic heterocycles. The summed E-state index contributed by atoms with van der Waals surface area (Å²) < 4.78 is 4.52. The van der Waals surface area contributed by atoms with Crippen molar-refractivity contribution in [3.63, 3.8) is 0 Å². The summed E-state index contributed by atoms with van der Waals surface area (Å²) in [6, 6.07) is 0. The maximum absolute atomic E-state index is 10.2. The van der Waals surface area contributed by atoms with Crippen LogP contribution in [0.2, 0.25) is 0 Å².